The van der Waals surface area contributed by atoms with Crippen LogP contribution in [0.15, 0.2) is 0 Å². The van der Waals surface area contributed by atoms with Crippen LogP contribution < -0.4 is 0 Å². The summed E-state index contributed by atoms with van der Waals surface area (Å²) in [4.78, 5) is 0. The first-order valence-electron chi connectivity index (χ1n) is 7.80. The molecule has 1 nitrogen and oxygen atoms in total. The molecular weight excluding hydrogens is 206 g/mol. The summed E-state index contributed by atoms with van der Waals surface area (Å²) in [6, 6.07) is 0. The third kappa shape index (κ3) is 12.2. The lowest BCUT2D eigenvalue weighted by molar-refractivity contribution is -0.871. The molecule has 0 aromatic heterocycles. The lowest BCUT2D eigenvalue weighted by Crippen LogP contribution is -2.36. The maximum Gasteiger partial charge on any atom is 0.0783 e. The number of nitrogens with zero attached hydrogens (tertiary/aromatic N) is 1. The summed E-state index contributed by atoms with van der Waals surface area (Å²) in [5.74, 6) is 0.991. The van der Waals surface area contributed by atoms with Gasteiger partial charge in [-0.05, 0) is 12.3 Å². The predicted octanol–water partition coefficient (Wildman–Crippen LogP) is 4.86. The number of rotatable bonds is 11. The fourth-order valence-corrected chi connectivity index (χ4v) is 2.37. The zero-order valence-electron chi connectivity index (χ0n) is 13.1. The largest absolute Gasteiger partial charge is 0.331 e. The van der Waals surface area contributed by atoms with Gasteiger partial charge in [-0.15, -0.1) is 0 Å². The molecule has 0 aromatic carbocycles. The molecule has 0 atom stereocenters. The molecule has 0 bridgehead atoms. The van der Waals surface area contributed by atoms with E-state index in [1.54, 1.807) is 0 Å². The Labute approximate surface area is 110 Å². The SMILES string of the molecule is CCCCCC(CCCCC)CC[N+](C)(C)C. The molecule has 0 aromatic rings. The maximum atomic E-state index is 2.31. The van der Waals surface area contributed by atoms with Crippen LogP contribution in [0.3, 0.4) is 0 Å². The van der Waals surface area contributed by atoms with Crippen LogP contribution in [-0.4, -0.2) is 32.2 Å². The van der Waals surface area contributed by atoms with Gasteiger partial charge in [0.05, 0.1) is 27.7 Å². The Bertz CT molecular complexity index is 147. The summed E-state index contributed by atoms with van der Waals surface area (Å²) in [6.45, 7) is 5.94. The van der Waals surface area contributed by atoms with Crippen molar-refractivity contribution < 1.29 is 4.48 Å². The Kier molecular flexibility index (Phi) is 9.91. The van der Waals surface area contributed by atoms with Gasteiger partial charge in [0.1, 0.15) is 0 Å². The molecule has 0 saturated carbocycles. The summed E-state index contributed by atoms with van der Waals surface area (Å²) in [7, 11) is 6.94. The van der Waals surface area contributed by atoms with Gasteiger partial charge in [0, 0.05) is 0 Å². The molecule has 17 heavy (non-hydrogen) atoms. The van der Waals surface area contributed by atoms with Crippen LogP contribution in [0.4, 0.5) is 0 Å². The molecule has 0 amide bonds. The average Bonchev–Trinajstić information content (AvgIpc) is 2.24. The number of unbranched alkanes of at least 4 members (excludes halogenated alkanes) is 4. The van der Waals surface area contributed by atoms with Crippen molar-refractivity contribution in [2.75, 3.05) is 27.7 Å². The Morgan fingerprint density at radius 1 is 0.706 bits per heavy atom. The van der Waals surface area contributed by atoms with Crippen molar-refractivity contribution in [2.45, 2.75) is 71.6 Å². The fourth-order valence-electron chi connectivity index (χ4n) is 2.37. The Morgan fingerprint density at radius 3 is 1.53 bits per heavy atom. The first-order chi connectivity index (χ1) is 7.99. The third-order valence-electron chi connectivity index (χ3n) is 3.64. The molecular formula is C16H36N+. The highest BCUT2D eigenvalue weighted by atomic mass is 15.3. The zero-order valence-corrected chi connectivity index (χ0v) is 13.1. The highest BCUT2D eigenvalue weighted by Gasteiger charge is 2.13. The summed E-state index contributed by atoms with van der Waals surface area (Å²) >= 11 is 0. The van der Waals surface area contributed by atoms with E-state index in [1.807, 2.05) is 0 Å². The molecule has 0 fully saturated rings. The van der Waals surface area contributed by atoms with Crippen molar-refractivity contribution in [3.05, 3.63) is 0 Å². The van der Waals surface area contributed by atoms with Crippen LogP contribution in [0.5, 0.6) is 0 Å². The number of quaternary nitrogens is 1. The van der Waals surface area contributed by atoms with Crippen molar-refractivity contribution in [2.24, 2.45) is 5.92 Å². The molecule has 0 radical (unpaired) electrons. The van der Waals surface area contributed by atoms with E-state index < -0.39 is 0 Å². The van der Waals surface area contributed by atoms with Crippen molar-refractivity contribution >= 4 is 0 Å². The molecule has 0 heterocycles. The van der Waals surface area contributed by atoms with E-state index in [0.29, 0.717) is 0 Å². The molecule has 0 aliphatic rings. The molecule has 1 heteroatoms. The van der Waals surface area contributed by atoms with Crippen LogP contribution in [0.25, 0.3) is 0 Å². The average molecular weight is 242 g/mol. The molecule has 0 aliphatic heterocycles. The van der Waals surface area contributed by atoms with Gasteiger partial charge in [0.25, 0.3) is 0 Å². The standard InChI is InChI=1S/C16H36N/c1-6-8-10-12-16(13-11-9-7-2)14-15-17(3,4)5/h16H,6-15H2,1-5H3/q+1. The van der Waals surface area contributed by atoms with E-state index >= 15 is 0 Å². The minimum atomic E-state index is 0.991. The number of hydrogen-bond donors (Lipinski definition) is 0. The molecule has 0 N–H and O–H groups in total. The summed E-state index contributed by atoms with van der Waals surface area (Å²) < 4.78 is 1.12. The molecule has 0 rings (SSSR count). The predicted molar refractivity (Wildman–Crippen MR) is 79.3 cm³/mol. The van der Waals surface area contributed by atoms with Crippen LogP contribution >= 0.6 is 0 Å². The summed E-state index contributed by atoms with van der Waals surface area (Å²) in [5, 5.41) is 0. The summed E-state index contributed by atoms with van der Waals surface area (Å²) in [5.41, 5.74) is 0. The van der Waals surface area contributed by atoms with Gasteiger partial charge in [-0.1, -0.05) is 65.2 Å². The van der Waals surface area contributed by atoms with E-state index in [-0.39, 0.29) is 0 Å². The van der Waals surface area contributed by atoms with Crippen LogP contribution in [0.1, 0.15) is 71.6 Å². The van der Waals surface area contributed by atoms with Gasteiger partial charge in [-0.2, -0.15) is 0 Å². The first-order valence-corrected chi connectivity index (χ1v) is 7.80. The highest BCUT2D eigenvalue weighted by molar-refractivity contribution is 4.60. The van der Waals surface area contributed by atoms with Gasteiger partial charge in [-0.25, -0.2) is 0 Å². The lowest BCUT2D eigenvalue weighted by Gasteiger charge is -2.27. The topological polar surface area (TPSA) is 0 Å². The smallest absolute Gasteiger partial charge is 0.0783 e. The first kappa shape index (κ1) is 17.0. The minimum absolute atomic E-state index is 0.991. The second-order valence-electron chi connectivity index (χ2n) is 6.66. The van der Waals surface area contributed by atoms with E-state index in [1.165, 1.54) is 64.3 Å². The van der Waals surface area contributed by atoms with Crippen molar-refractivity contribution in [3.63, 3.8) is 0 Å². The van der Waals surface area contributed by atoms with Crippen LogP contribution in [0, 0.1) is 5.92 Å². The Hall–Kier alpha value is -0.0400. The molecule has 0 saturated heterocycles. The van der Waals surface area contributed by atoms with E-state index in [0.717, 1.165) is 10.4 Å². The van der Waals surface area contributed by atoms with Gasteiger partial charge < -0.3 is 4.48 Å². The highest BCUT2D eigenvalue weighted by Crippen LogP contribution is 2.21. The third-order valence-corrected chi connectivity index (χ3v) is 3.64. The zero-order chi connectivity index (χ0) is 13.1. The second-order valence-corrected chi connectivity index (χ2v) is 6.66. The molecule has 0 spiro atoms. The Balaban J connectivity index is 3.83. The number of hydrogen-bond acceptors (Lipinski definition) is 0. The van der Waals surface area contributed by atoms with E-state index in [4.69, 9.17) is 0 Å². The van der Waals surface area contributed by atoms with E-state index in [9.17, 15) is 0 Å². The Morgan fingerprint density at radius 2 is 1.18 bits per heavy atom. The van der Waals surface area contributed by atoms with Gasteiger partial charge in [-0.3, -0.25) is 0 Å². The van der Waals surface area contributed by atoms with Crippen molar-refractivity contribution in [1.82, 2.24) is 0 Å². The molecule has 0 aliphatic carbocycles. The quantitative estimate of drug-likeness (QED) is 0.358. The van der Waals surface area contributed by atoms with Crippen LogP contribution in [0.2, 0.25) is 0 Å². The summed E-state index contributed by atoms with van der Waals surface area (Å²) in [6.07, 6.45) is 12.8. The van der Waals surface area contributed by atoms with E-state index in [2.05, 4.69) is 35.0 Å². The maximum absolute atomic E-state index is 2.31. The van der Waals surface area contributed by atoms with Gasteiger partial charge in [0.2, 0.25) is 0 Å². The normalized spacial score (nSPS) is 12.4. The van der Waals surface area contributed by atoms with Gasteiger partial charge in [0.15, 0.2) is 0 Å². The van der Waals surface area contributed by atoms with Crippen LogP contribution in [-0.2, 0) is 0 Å². The minimum Gasteiger partial charge on any atom is -0.331 e. The fraction of sp³-hybridized carbons (Fsp3) is 1.00. The monoisotopic (exact) mass is 242 g/mol. The van der Waals surface area contributed by atoms with Crippen molar-refractivity contribution in [1.29, 1.82) is 0 Å². The second kappa shape index (κ2) is 9.94. The van der Waals surface area contributed by atoms with Gasteiger partial charge >= 0.3 is 0 Å². The molecule has 104 valence electrons. The van der Waals surface area contributed by atoms with Crippen molar-refractivity contribution in [3.8, 4) is 0 Å². The lowest BCUT2D eigenvalue weighted by atomic mass is 9.92. The molecule has 0 unspecified atom stereocenters.